The van der Waals surface area contributed by atoms with Crippen molar-refractivity contribution in [3.05, 3.63) is 48.3 Å². The largest absolute Gasteiger partial charge is 0.383 e. The van der Waals surface area contributed by atoms with Gasteiger partial charge in [0, 0.05) is 31.6 Å². The van der Waals surface area contributed by atoms with Gasteiger partial charge in [0.1, 0.15) is 0 Å². The lowest BCUT2D eigenvalue weighted by molar-refractivity contribution is 0.0937. The third-order valence-electron chi connectivity index (χ3n) is 2.49. The number of carbonyl (C=O) groups excluding carboxylic acids is 1. The minimum atomic E-state index is -0.0981. The molecule has 0 aliphatic heterocycles. The van der Waals surface area contributed by atoms with Gasteiger partial charge in [-0.15, -0.1) is 0 Å². The zero-order valence-corrected chi connectivity index (χ0v) is 10.2. The second-order valence-corrected chi connectivity index (χ2v) is 3.75. The van der Waals surface area contributed by atoms with Gasteiger partial charge in [0.05, 0.1) is 12.3 Å². The van der Waals surface area contributed by atoms with E-state index in [1.54, 1.807) is 30.1 Å². The van der Waals surface area contributed by atoms with Crippen LogP contribution in [0.3, 0.4) is 0 Å². The topological polar surface area (TPSA) is 56.1 Å². The number of amides is 1. The molecule has 0 saturated heterocycles. The fourth-order valence-corrected chi connectivity index (χ4v) is 1.56. The standard InChI is InChI=1S/C13H15N3O2/c1-18-10-8-14-13(17)11-3-5-12(6-4-11)16-9-2-7-15-16/h2-7,9H,8,10H2,1H3,(H,14,17). The number of nitrogens with zero attached hydrogens (tertiary/aromatic N) is 2. The van der Waals surface area contributed by atoms with Crippen LogP contribution >= 0.6 is 0 Å². The molecule has 1 N–H and O–H groups in total. The molecular weight excluding hydrogens is 230 g/mol. The molecule has 0 spiro atoms. The van der Waals surface area contributed by atoms with Crippen LogP contribution in [0, 0.1) is 0 Å². The molecule has 0 atom stereocenters. The molecule has 1 aromatic heterocycles. The van der Waals surface area contributed by atoms with Gasteiger partial charge in [0.15, 0.2) is 0 Å². The van der Waals surface area contributed by atoms with Crippen LogP contribution in [-0.2, 0) is 4.74 Å². The number of methoxy groups -OCH3 is 1. The zero-order valence-electron chi connectivity index (χ0n) is 10.2. The summed E-state index contributed by atoms with van der Waals surface area (Å²) in [5.74, 6) is -0.0981. The van der Waals surface area contributed by atoms with Crippen LogP contribution in [0.4, 0.5) is 0 Å². The highest BCUT2D eigenvalue weighted by Crippen LogP contribution is 2.08. The predicted octanol–water partition coefficient (Wildman–Crippen LogP) is 1.25. The normalized spacial score (nSPS) is 10.3. The molecule has 18 heavy (non-hydrogen) atoms. The molecule has 0 saturated carbocycles. The Balaban J connectivity index is 2.01. The second-order valence-electron chi connectivity index (χ2n) is 3.75. The van der Waals surface area contributed by atoms with E-state index >= 15 is 0 Å². The smallest absolute Gasteiger partial charge is 0.251 e. The van der Waals surface area contributed by atoms with E-state index in [2.05, 4.69) is 10.4 Å². The summed E-state index contributed by atoms with van der Waals surface area (Å²) in [6.45, 7) is 1.02. The summed E-state index contributed by atoms with van der Waals surface area (Å²) >= 11 is 0. The number of aromatic nitrogens is 2. The van der Waals surface area contributed by atoms with E-state index in [4.69, 9.17) is 4.74 Å². The molecule has 0 bridgehead atoms. The van der Waals surface area contributed by atoms with Crippen molar-refractivity contribution in [2.45, 2.75) is 0 Å². The molecule has 1 aromatic carbocycles. The highest BCUT2D eigenvalue weighted by atomic mass is 16.5. The van der Waals surface area contributed by atoms with Crippen LogP contribution in [0.2, 0.25) is 0 Å². The Bertz CT molecular complexity index is 491. The van der Waals surface area contributed by atoms with Crippen molar-refractivity contribution in [2.24, 2.45) is 0 Å². The molecule has 0 fully saturated rings. The molecular formula is C13H15N3O2. The van der Waals surface area contributed by atoms with E-state index in [9.17, 15) is 4.79 Å². The first-order chi connectivity index (χ1) is 8.81. The van der Waals surface area contributed by atoms with Gasteiger partial charge in [-0.3, -0.25) is 4.79 Å². The average Bonchev–Trinajstić information content (AvgIpc) is 2.93. The Morgan fingerprint density at radius 3 is 2.78 bits per heavy atom. The van der Waals surface area contributed by atoms with Gasteiger partial charge in [-0.2, -0.15) is 5.10 Å². The molecule has 1 amide bonds. The van der Waals surface area contributed by atoms with Gasteiger partial charge in [-0.05, 0) is 30.3 Å². The number of hydrogen-bond acceptors (Lipinski definition) is 3. The maximum Gasteiger partial charge on any atom is 0.251 e. The summed E-state index contributed by atoms with van der Waals surface area (Å²) in [6, 6.07) is 9.13. The van der Waals surface area contributed by atoms with Crippen molar-refractivity contribution in [3.8, 4) is 5.69 Å². The van der Waals surface area contributed by atoms with Crippen LogP contribution in [0.25, 0.3) is 5.69 Å². The summed E-state index contributed by atoms with van der Waals surface area (Å²) < 4.78 is 6.61. The van der Waals surface area contributed by atoms with Gasteiger partial charge in [0.25, 0.3) is 5.91 Å². The number of carbonyl (C=O) groups is 1. The first kappa shape index (κ1) is 12.3. The van der Waals surface area contributed by atoms with Crippen molar-refractivity contribution in [1.29, 1.82) is 0 Å². The summed E-state index contributed by atoms with van der Waals surface area (Å²) in [6.07, 6.45) is 3.57. The number of nitrogens with one attached hydrogen (secondary N) is 1. The first-order valence-corrected chi connectivity index (χ1v) is 5.68. The lowest BCUT2D eigenvalue weighted by Crippen LogP contribution is -2.26. The molecule has 5 heteroatoms. The molecule has 2 aromatic rings. The van der Waals surface area contributed by atoms with E-state index in [1.807, 2.05) is 24.4 Å². The summed E-state index contributed by atoms with van der Waals surface area (Å²) in [4.78, 5) is 11.7. The van der Waals surface area contributed by atoms with Gasteiger partial charge in [0.2, 0.25) is 0 Å². The summed E-state index contributed by atoms with van der Waals surface area (Å²) in [7, 11) is 1.60. The third kappa shape index (κ3) is 2.95. The Kier molecular flexibility index (Phi) is 4.09. The molecule has 0 unspecified atom stereocenters. The van der Waals surface area contributed by atoms with Crippen molar-refractivity contribution >= 4 is 5.91 Å². The lowest BCUT2D eigenvalue weighted by Gasteiger charge is -2.05. The van der Waals surface area contributed by atoms with E-state index in [0.717, 1.165) is 5.69 Å². The molecule has 2 rings (SSSR count). The highest BCUT2D eigenvalue weighted by molar-refractivity contribution is 5.94. The van der Waals surface area contributed by atoms with Crippen molar-refractivity contribution in [1.82, 2.24) is 15.1 Å². The monoisotopic (exact) mass is 245 g/mol. The zero-order chi connectivity index (χ0) is 12.8. The lowest BCUT2D eigenvalue weighted by atomic mass is 10.2. The van der Waals surface area contributed by atoms with E-state index in [1.165, 1.54) is 0 Å². The quantitative estimate of drug-likeness (QED) is 0.806. The number of hydrogen-bond donors (Lipinski definition) is 1. The van der Waals surface area contributed by atoms with E-state index < -0.39 is 0 Å². The highest BCUT2D eigenvalue weighted by Gasteiger charge is 2.04. The molecule has 0 aliphatic carbocycles. The molecule has 1 heterocycles. The van der Waals surface area contributed by atoms with E-state index in [0.29, 0.717) is 18.7 Å². The number of ether oxygens (including phenoxy) is 1. The van der Waals surface area contributed by atoms with E-state index in [-0.39, 0.29) is 5.91 Å². The number of benzene rings is 1. The first-order valence-electron chi connectivity index (χ1n) is 5.68. The molecule has 94 valence electrons. The van der Waals surface area contributed by atoms with Crippen LogP contribution in [0.5, 0.6) is 0 Å². The van der Waals surface area contributed by atoms with Gasteiger partial charge in [-0.25, -0.2) is 4.68 Å². The van der Waals surface area contributed by atoms with Gasteiger partial charge in [-0.1, -0.05) is 0 Å². The maximum atomic E-state index is 11.7. The van der Waals surface area contributed by atoms with Crippen LogP contribution in [-0.4, -0.2) is 35.9 Å². The average molecular weight is 245 g/mol. The molecule has 0 aliphatic rings. The van der Waals surface area contributed by atoms with Crippen LogP contribution < -0.4 is 5.32 Å². The summed E-state index contributed by atoms with van der Waals surface area (Å²) in [5.41, 5.74) is 1.55. The van der Waals surface area contributed by atoms with Gasteiger partial charge >= 0.3 is 0 Å². The predicted molar refractivity (Wildman–Crippen MR) is 67.8 cm³/mol. The fourth-order valence-electron chi connectivity index (χ4n) is 1.56. The minimum Gasteiger partial charge on any atom is -0.383 e. The Morgan fingerprint density at radius 1 is 1.39 bits per heavy atom. The molecule has 5 nitrogen and oxygen atoms in total. The van der Waals surface area contributed by atoms with Crippen LogP contribution in [0.1, 0.15) is 10.4 Å². The second kappa shape index (κ2) is 5.97. The third-order valence-corrected chi connectivity index (χ3v) is 2.49. The van der Waals surface area contributed by atoms with Gasteiger partial charge < -0.3 is 10.1 Å². The van der Waals surface area contributed by atoms with Crippen molar-refractivity contribution in [3.63, 3.8) is 0 Å². The molecule has 0 radical (unpaired) electrons. The van der Waals surface area contributed by atoms with Crippen molar-refractivity contribution in [2.75, 3.05) is 20.3 Å². The van der Waals surface area contributed by atoms with Crippen LogP contribution in [0.15, 0.2) is 42.7 Å². The Morgan fingerprint density at radius 2 is 2.17 bits per heavy atom. The Hall–Kier alpha value is -2.14. The van der Waals surface area contributed by atoms with Crippen molar-refractivity contribution < 1.29 is 9.53 Å². The maximum absolute atomic E-state index is 11.7. The fraction of sp³-hybridized carbons (Fsp3) is 0.231. The summed E-state index contributed by atoms with van der Waals surface area (Å²) in [5, 5.41) is 6.89. The SMILES string of the molecule is COCCNC(=O)c1ccc(-n2cccn2)cc1. The minimum absolute atomic E-state index is 0.0981. The Labute approximate surface area is 105 Å². The number of rotatable bonds is 5.